The number of aryl methyl sites for hydroxylation is 2. The summed E-state index contributed by atoms with van der Waals surface area (Å²) >= 11 is 0. The molecule has 3 fully saturated rings. The lowest BCUT2D eigenvalue weighted by molar-refractivity contribution is -0.156. The molecular formula is C37H44F3N5O7S. The van der Waals surface area contributed by atoms with Gasteiger partial charge in [-0.15, -0.1) is 0 Å². The number of allylic oxidation sites excluding steroid dienone is 1. The van der Waals surface area contributed by atoms with Crippen LogP contribution in [-0.2, 0) is 35.6 Å². The molecule has 16 heteroatoms. The summed E-state index contributed by atoms with van der Waals surface area (Å²) in [6.45, 7) is 3.24. The van der Waals surface area contributed by atoms with Crippen molar-refractivity contribution < 1.29 is 45.5 Å². The zero-order valence-corrected chi connectivity index (χ0v) is 30.5. The molecule has 1 aromatic carbocycles. The minimum atomic E-state index is -4.79. The number of amides is 4. The minimum absolute atomic E-state index is 0.0198. The van der Waals surface area contributed by atoms with Gasteiger partial charge in [-0.2, -0.15) is 13.2 Å². The number of ether oxygens (including phenoxy) is 1. The van der Waals surface area contributed by atoms with Crippen LogP contribution in [-0.4, -0.2) is 82.6 Å². The standard InChI is InChI=1S/C37H44F3N5O7S/c1-22-30-25(24-11-8-9-12-26(24)41-22)14-15-35(52-30)19-28-31(47)43-36(33(49)44-53(50,51)34(2)16-17-34)18-23(36)10-6-4-3-5-7-13-27(32(48)45(28)21-35)42-29(46)20-37(38,39)40/h6,8-12,23,27-28H,3-5,7,13-21H2,1-2H3,(H,42,46)(H,43,47)(H,44,49)/b10-6-/t23-,27+,28+,35-,36-/m1/s1. The SMILES string of the molecule is Cc1nc2ccccc2c2c1O[C@]1(CC2)C[C@H]2C(=O)N[C@]3(C(=O)NS(=O)(=O)C4(C)CC4)C[C@H]3/C=C\CCCCC[C@H](NC(=O)CC(F)(F)F)C(=O)N2C1. The van der Waals surface area contributed by atoms with E-state index in [1.54, 1.807) is 13.0 Å². The highest BCUT2D eigenvalue weighted by Crippen LogP contribution is 2.49. The summed E-state index contributed by atoms with van der Waals surface area (Å²) in [7, 11) is -4.04. The maximum absolute atomic E-state index is 14.5. The molecule has 4 heterocycles. The van der Waals surface area contributed by atoms with Gasteiger partial charge in [0.15, 0.2) is 0 Å². The van der Waals surface area contributed by atoms with Crippen LogP contribution in [0.3, 0.4) is 0 Å². The normalized spacial score (nSPS) is 30.4. The van der Waals surface area contributed by atoms with Crippen LogP contribution in [0.4, 0.5) is 13.2 Å². The Morgan fingerprint density at radius 2 is 1.85 bits per heavy atom. The summed E-state index contributed by atoms with van der Waals surface area (Å²) in [4.78, 5) is 61.3. The lowest BCUT2D eigenvalue weighted by Gasteiger charge is -2.36. The van der Waals surface area contributed by atoms with Crippen LogP contribution in [0.15, 0.2) is 36.4 Å². The Labute approximate surface area is 305 Å². The molecule has 1 spiro atoms. The molecule has 3 aliphatic heterocycles. The van der Waals surface area contributed by atoms with Gasteiger partial charge in [-0.05, 0) is 71.3 Å². The molecule has 2 aliphatic carbocycles. The quantitative estimate of drug-likeness (QED) is 0.385. The van der Waals surface area contributed by atoms with Crippen LogP contribution >= 0.6 is 0 Å². The van der Waals surface area contributed by atoms with Crippen molar-refractivity contribution in [3.05, 3.63) is 47.7 Å². The number of pyridine rings is 1. The number of halogens is 3. The van der Waals surface area contributed by atoms with Gasteiger partial charge in [-0.3, -0.25) is 23.9 Å². The fourth-order valence-electron chi connectivity index (χ4n) is 8.07. The summed E-state index contributed by atoms with van der Waals surface area (Å²) in [5.41, 5.74) is -0.359. The Balaban J connectivity index is 1.23. The van der Waals surface area contributed by atoms with E-state index < -0.39 is 80.1 Å². The topological polar surface area (TPSA) is 164 Å². The van der Waals surface area contributed by atoms with E-state index in [1.165, 1.54) is 4.90 Å². The Bertz CT molecular complexity index is 2000. The number of aromatic nitrogens is 1. The van der Waals surface area contributed by atoms with Gasteiger partial charge in [-0.1, -0.05) is 43.2 Å². The molecule has 5 atom stereocenters. The predicted octanol–water partition coefficient (Wildman–Crippen LogP) is 4.04. The highest BCUT2D eigenvalue weighted by atomic mass is 32.2. The summed E-state index contributed by atoms with van der Waals surface area (Å²) in [6.07, 6.45) is 1.22. The highest BCUT2D eigenvalue weighted by molar-refractivity contribution is 7.91. The molecule has 2 saturated carbocycles. The number of carbonyl (C=O) groups is 4. The number of nitrogens with zero attached hydrogens (tertiary/aromatic N) is 2. The molecule has 1 saturated heterocycles. The number of benzene rings is 1. The second kappa shape index (κ2) is 13.3. The number of alkyl halides is 3. The first-order valence-electron chi connectivity index (χ1n) is 18.2. The van der Waals surface area contributed by atoms with E-state index in [9.17, 15) is 40.8 Å². The van der Waals surface area contributed by atoms with Crippen molar-refractivity contribution in [1.82, 2.24) is 25.2 Å². The van der Waals surface area contributed by atoms with Crippen molar-refractivity contribution in [2.24, 2.45) is 5.92 Å². The first-order chi connectivity index (χ1) is 24.9. The molecule has 286 valence electrons. The number of rotatable bonds is 5. The minimum Gasteiger partial charge on any atom is -0.483 e. The van der Waals surface area contributed by atoms with Crippen LogP contribution < -0.4 is 20.1 Å². The number of sulfonamides is 1. The summed E-state index contributed by atoms with van der Waals surface area (Å²) in [6, 6.07) is 5.03. The molecule has 1 aromatic heterocycles. The van der Waals surface area contributed by atoms with Crippen LogP contribution in [0.25, 0.3) is 10.9 Å². The molecule has 0 bridgehead atoms. The van der Waals surface area contributed by atoms with Crippen molar-refractivity contribution in [3.8, 4) is 5.75 Å². The van der Waals surface area contributed by atoms with Crippen molar-refractivity contribution >= 4 is 44.6 Å². The number of hydrogen-bond acceptors (Lipinski definition) is 8. The fraction of sp³-hybridized carbons (Fsp3) is 0.595. The van der Waals surface area contributed by atoms with E-state index in [-0.39, 0.29) is 25.8 Å². The van der Waals surface area contributed by atoms with E-state index >= 15 is 0 Å². The Morgan fingerprint density at radius 1 is 1.09 bits per heavy atom. The lowest BCUT2D eigenvalue weighted by atomic mass is 9.87. The maximum Gasteiger partial charge on any atom is 0.397 e. The summed E-state index contributed by atoms with van der Waals surface area (Å²) in [5.74, 6) is -3.66. The lowest BCUT2D eigenvalue weighted by Crippen LogP contribution is -2.58. The third kappa shape index (κ3) is 7.22. The summed E-state index contributed by atoms with van der Waals surface area (Å²) < 4.78 is 73.7. The molecule has 7 rings (SSSR count). The van der Waals surface area contributed by atoms with E-state index in [0.29, 0.717) is 62.8 Å². The van der Waals surface area contributed by atoms with Gasteiger partial charge >= 0.3 is 6.18 Å². The first-order valence-corrected chi connectivity index (χ1v) is 19.7. The van der Waals surface area contributed by atoms with Crippen molar-refractivity contribution in [2.45, 2.75) is 125 Å². The molecule has 0 radical (unpaired) electrons. The van der Waals surface area contributed by atoms with Gasteiger partial charge < -0.3 is 20.3 Å². The zero-order valence-electron chi connectivity index (χ0n) is 29.7. The van der Waals surface area contributed by atoms with Crippen LogP contribution in [0.2, 0.25) is 0 Å². The number of nitrogens with one attached hydrogen (secondary N) is 3. The van der Waals surface area contributed by atoms with Gasteiger partial charge in [0.25, 0.3) is 5.91 Å². The van der Waals surface area contributed by atoms with Crippen LogP contribution in [0.1, 0.15) is 88.8 Å². The highest BCUT2D eigenvalue weighted by Gasteiger charge is 2.64. The number of para-hydroxylation sites is 1. The molecule has 2 aromatic rings. The second-order valence-corrected chi connectivity index (χ2v) is 17.8. The van der Waals surface area contributed by atoms with Gasteiger partial charge in [0.2, 0.25) is 27.7 Å². The predicted molar refractivity (Wildman–Crippen MR) is 187 cm³/mol. The van der Waals surface area contributed by atoms with E-state index in [0.717, 1.165) is 16.5 Å². The van der Waals surface area contributed by atoms with Crippen molar-refractivity contribution in [2.75, 3.05) is 6.54 Å². The van der Waals surface area contributed by atoms with Gasteiger partial charge in [0.05, 0.1) is 22.5 Å². The third-order valence-corrected chi connectivity index (χ3v) is 13.7. The van der Waals surface area contributed by atoms with E-state index in [4.69, 9.17) is 9.72 Å². The van der Waals surface area contributed by atoms with E-state index in [1.807, 2.05) is 37.3 Å². The molecule has 53 heavy (non-hydrogen) atoms. The first kappa shape index (κ1) is 37.1. The Kier molecular flexibility index (Phi) is 9.29. The fourth-order valence-corrected chi connectivity index (χ4v) is 9.38. The van der Waals surface area contributed by atoms with Crippen molar-refractivity contribution in [3.63, 3.8) is 0 Å². The van der Waals surface area contributed by atoms with Crippen LogP contribution in [0, 0.1) is 12.8 Å². The average molecular weight is 760 g/mol. The van der Waals surface area contributed by atoms with Gasteiger partial charge in [-0.25, -0.2) is 13.4 Å². The van der Waals surface area contributed by atoms with Gasteiger partial charge in [0, 0.05) is 23.3 Å². The van der Waals surface area contributed by atoms with Crippen molar-refractivity contribution in [1.29, 1.82) is 0 Å². The zero-order chi connectivity index (χ0) is 38.0. The molecule has 0 unspecified atom stereocenters. The molecule has 5 aliphatic rings. The number of carbonyl (C=O) groups excluding carboxylic acids is 4. The molecule has 12 nitrogen and oxygen atoms in total. The second-order valence-electron chi connectivity index (χ2n) is 15.6. The Hall–Kier alpha value is -4.21. The number of fused-ring (bicyclic) bond motifs is 5. The van der Waals surface area contributed by atoms with E-state index in [2.05, 4.69) is 15.4 Å². The monoisotopic (exact) mass is 759 g/mol. The maximum atomic E-state index is 14.5. The van der Waals surface area contributed by atoms with Crippen LogP contribution in [0.5, 0.6) is 5.75 Å². The smallest absolute Gasteiger partial charge is 0.397 e. The molecular weight excluding hydrogens is 715 g/mol. The average Bonchev–Trinajstić information content (AvgIpc) is 3.97. The summed E-state index contributed by atoms with van der Waals surface area (Å²) in [5, 5.41) is 6.02. The molecule has 4 amide bonds. The number of hydrogen-bond donors (Lipinski definition) is 3. The third-order valence-electron chi connectivity index (χ3n) is 11.6. The molecule has 3 N–H and O–H groups in total. The Morgan fingerprint density at radius 3 is 2.58 bits per heavy atom. The largest absolute Gasteiger partial charge is 0.483 e. The van der Waals surface area contributed by atoms with Gasteiger partial charge in [0.1, 0.15) is 35.4 Å².